The topological polar surface area (TPSA) is 21.3 Å². The number of nitrogens with one attached hydrogen (secondary N) is 1. The van der Waals surface area contributed by atoms with Gasteiger partial charge in [0.2, 0.25) is 0 Å². The highest BCUT2D eigenvalue weighted by molar-refractivity contribution is 9.10. The molecule has 1 N–H and O–H groups in total. The molecule has 118 valence electrons. The van der Waals surface area contributed by atoms with Crippen LogP contribution in [0.3, 0.4) is 0 Å². The summed E-state index contributed by atoms with van der Waals surface area (Å²) in [5.41, 5.74) is 1.01. The van der Waals surface area contributed by atoms with Gasteiger partial charge in [0.1, 0.15) is 5.82 Å². The van der Waals surface area contributed by atoms with Crippen molar-refractivity contribution in [3.63, 3.8) is 0 Å². The summed E-state index contributed by atoms with van der Waals surface area (Å²) in [5, 5.41) is 3.60. The van der Waals surface area contributed by atoms with Gasteiger partial charge < -0.3 is 10.1 Å². The Morgan fingerprint density at radius 1 is 1.33 bits per heavy atom. The molecule has 0 bridgehead atoms. The number of ether oxygens (including phenoxy) is 1. The van der Waals surface area contributed by atoms with Crippen LogP contribution in [-0.2, 0) is 11.2 Å². The first-order chi connectivity index (χ1) is 10.1. The molecule has 4 heteroatoms. The average molecular weight is 358 g/mol. The van der Waals surface area contributed by atoms with Crippen LogP contribution < -0.4 is 5.32 Å². The van der Waals surface area contributed by atoms with Crippen molar-refractivity contribution in [2.45, 2.75) is 51.7 Å². The van der Waals surface area contributed by atoms with Gasteiger partial charge in [0, 0.05) is 17.1 Å². The lowest BCUT2D eigenvalue weighted by Crippen LogP contribution is -2.44. The molecule has 1 fully saturated rings. The minimum absolute atomic E-state index is 0.187. The Labute approximate surface area is 135 Å². The summed E-state index contributed by atoms with van der Waals surface area (Å²) in [7, 11) is 0. The minimum Gasteiger partial charge on any atom is -0.377 e. The second-order valence-corrected chi connectivity index (χ2v) is 6.72. The third-order valence-corrected chi connectivity index (χ3v) is 4.33. The smallest absolute Gasteiger partial charge is 0.124 e. The average Bonchev–Trinajstić information content (AvgIpc) is 3.24. The molecule has 1 saturated carbocycles. The van der Waals surface area contributed by atoms with Crippen LogP contribution in [0.4, 0.5) is 4.39 Å². The molecule has 2 unspecified atom stereocenters. The fraction of sp³-hybridized carbons (Fsp3) is 0.647. The van der Waals surface area contributed by atoms with Crippen molar-refractivity contribution < 1.29 is 9.13 Å². The van der Waals surface area contributed by atoms with Crippen LogP contribution in [0.15, 0.2) is 22.7 Å². The first-order valence-corrected chi connectivity index (χ1v) is 8.73. The van der Waals surface area contributed by atoms with Crippen LogP contribution in [0.2, 0.25) is 0 Å². The van der Waals surface area contributed by atoms with Crippen LogP contribution in [0.5, 0.6) is 0 Å². The van der Waals surface area contributed by atoms with E-state index in [4.69, 9.17) is 4.74 Å². The quantitative estimate of drug-likeness (QED) is 0.710. The third kappa shape index (κ3) is 5.35. The first-order valence-electron chi connectivity index (χ1n) is 7.94. The molecule has 0 heterocycles. The highest BCUT2D eigenvalue weighted by atomic mass is 79.9. The van der Waals surface area contributed by atoms with E-state index in [-0.39, 0.29) is 18.0 Å². The molecule has 0 aromatic heterocycles. The molecular weight excluding hydrogens is 333 g/mol. The highest BCUT2D eigenvalue weighted by Crippen LogP contribution is 2.36. The fourth-order valence-corrected chi connectivity index (χ4v) is 3.33. The molecule has 1 aromatic carbocycles. The summed E-state index contributed by atoms with van der Waals surface area (Å²) in [6.45, 7) is 5.91. The lowest BCUT2D eigenvalue weighted by atomic mass is 9.97. The van der Waals surface area contributed by atoms with Gasteiger partial charge in [-0.15, -0.1) is 0 Å². The van der Waals surface area contributed by atoms with Gasteiger partial charge in [-0.05, 0) is 68.8 Å². The zero-order chi connectivity index (χ0) is 15.2. The third-order valence-electron chi connectivity index (χ3n) is 3.88. The maximum atomic E-state index is 13.6. The second kappa shape index (κ2) is 8.25. The van der Waals surface area contributed by atoms with E-state index in [2.05, 4.69) is 28.2 Å². The van der Waals surface area contributed by atoms with Gasteiger partial charge in [-0.1, -0.05) is 22.9 Å². The van der Waals surface area contributed by atoms with Crippen molar-refractivity contribution in [2.24, 2.45) is 5.92 Å². The van der Waals surface area contributed by atoms with E-state index >= 15 is 0 Å². The lowest BCUT2D eigenvalue weighted by molar-refractivity contribution is 0.0192. The summed E-state index contributed by atoms with van der Waals surface area (Å²) in [6, 6.07) is 5.38. The van der Waals surface area contributed by atoms with Crippen molar-refractivity contribution in [2.75, 3.05) is 13.2 Å². The largest absolute Gasteiger partial charge is 0.377 e. The van der Waals surface area contributed by atoms with Crippen LogP contribution in [0, 0.1) is 11.7 Å². The van der Waals surface area contributed by atoms with Crippen molar-refractivity contribution >= 4 is 15.9 Å². The van der Waals surface area contributed by atoms with Crippen molar-refractivity contribution in [3.05, 3.63) is 34.1 Å². The molecule has 0 aliphatic heterocycles. The first kappa shape index (κ1) is 16.9. The summed E-state index contributed by atoms with van der Waals surface area (Å²) in [5.74, 6) is 0.476. The standard InChI is InChI=1S/C17H25BrFNO/c1-3-7-20-16(17(21-4-2)13-5-6-13)10-12-8-14(18)11-15(19)9-12/h8-9,11,13,16-17,20H,3-7,10H2,1-2H3. The summed E-state index contributed by atoms with van der Waals surface area (Å²) in [4.78, 5) is 0. The van der Waals surface area contributed by atoms with Crippen molar-refractivity contribution in [1.82, 2.24) is 5.32 Å². The lowest BCUT2D eigenvalue weighted by Gasteiger charge is -2.28. The highest BCUT2D eigenvalue weighted by Gasteiger charge is 2.37. The van der Waals surface area contributed by atoms with Gasteiger partial charge in [0.25, 0.3) is 0 Å². The normalized spacial score (nSPS) is 17.7. The van der Waals surface area contributed by atoms with Crippen LogP contribution in [-0.4, -0.2) is 25.3 Å². The summed E-state index contributed by atoms with van der Waals surface area (Å²) < 4.78 is 20.4. The Morgan fingerprint density at radius 2 is 2.10 bits per heavy atom. The molecule has 1 aliphatic carbocycles. The van der Waals surface area contributed by atoms with Crippen LogP contribution >= 0.6 is 15.9 Å². The number of benzene rings is 1. The molecule has 0 radical (unpaired) electrons. The van der Waals surface area contributed by atoms with Crippen molar-refractivity contribution in [3.8, 4) is 0 Å². The van der Waals surface area contributed by atoms with E-state index in [1.54, 1.807) is 6.07 Å². The Morgan fingerprint density at radius 3 is 2.67 bits per heavy atom. The number of rotatable bonds is 9. The Balaban J connectivity index is 2.10. The number of hydrogen-bond acceptors (Lipinski definition) is 2. The summed E-state index contributed by atoms with van der Waals surface area (Å²) in [6.07, 6.45) is 4.64. The van der Waals surface area contributed by atoms with E-state index in [1.807, 2.05) is 13.0 Å². The second-order valence-electron chi connectivity index (χ2n) is 5.80. The van der Waals surface area contributed by atoms with Gasteiger partial charge in [0.15, 0.2) is 0 Å². The molecule has 0 saturated heterocycles. The molecule has 2 rings (SSSR count). The molecule has 0 spiro atoms. The van der Waals surface area contributed by atoms with Crippen LogP contribution in [0.1, 0.15) is 38.7 Å². The number of halogens is 2. The van der Waals surface area contributed by atoms with Gasteiger partial charge in [-0.25, -0.2) is 4.39 Å². The Bertz CT molecular complexity index is 430. The molecule has 2 nitrogen and oxygen atoms in total. The predicted octanol–water partition coefficient (Wildman–Crippen LogP) is 4.31. The minimum atomic E-state index is -0.187. The van der Waals surface area contributed by atoms with Crippen molar-refractivity contribution in [1.29, 1.82) is 0 Å². The fourth-order valence-electron chi connectivity index (χ4n) is 2.81. The predicted molar refractivity (Wildman–Crippen MR) is 88.0 cm³/mol. The molecule has 0 amide bonds. The molecule has 1 aliphatic rings. The maximum Gasteiger partial charge on any atom is 0.124 e. The monoisotopic (exact) mass is 357 g/mol. The van der Waals surface area contributed by atoms with E-state index < -0.39 is 0 Å². The molecule has 1 aromatic rings. The molecular formula is C17H25BrFNO. The summed E-state index contributed by atoms with van der Waals surface area (Å²) >= 11 is 3.37. The van der Waals surface area contributed by atoms with Gasteiger partial charge in [0.05, 0.1) is 6.10 Å². The van der Waals surface area contributed by atoms with E-state index in [0.717, 1.165) is 36.0 Å². The van der Waals surface area contributed by atoms with Gasteiger partial charge >= 0.3 is 0 Å². The molecule has 21 heavy (non-hydrogen) atoms. The van der Waals surface area contributed by atoms with E-state index in [0.29, 0.717) is 5.92 Å². The zero-order valence-electron chi connectivity index (χ0n) is 12.9. The van der Waals surface area contributed by atoms with Gasteiger partial charge in [-0.3, -0.25) is 0 Å². The maximum absolute atomic E-state index is 13.6. The Hall–Kier alpha value is -0.450. The number of hydrogen-bond donors (Lipinski definition) is 1. The van der Waals surface area contributed by atoms with Crippen LogP contribution in [0.25, 0.3) is 0 Å². The van der Waals surface area contributed by atoms with E-state index in [9.17, 15) is 4.39 Å². The zero-order valence-corrected chi connectivity index (χ0v) is 14.5. The molecule has 2 atom stereocenters. The SMILES string of the molecule is CCCNC(Cc1cc(F)cc(Br)c1)C(OCC)C1CC1. The van der Waals surface area contributed by atoms with Gasteiger partial charge in [-0.2, -0.15) is 0 Å². The Kier molecular flexibility index (Phi) is 6.65. The van der Waals surface area contributed by atoms with E-state index in [1.165, 1.54) is 18.9 Å².